The molecule has 4 rings (SSSR count). The standard InChI is InChI=1S/C21H28N2O/c1-3-16-7-8-18-17(13-16)15(2)12-20(22-18)23-11-5-10-21(14-23)9-4-6-19(21)24/h7-8,12-13,19,24H,3-6,9-11,14H2,1-2H3/t19-,21-/m1/s1. The van der Waals surface area contributed by atoms with E-state index in [1.165, 1.54) is 22.9 Å². The van der Waals surface area contributed by atoms with Gasteiger partial charge in [-0.15, -0.1) is 0 Å². The molecule has 0 amide bonds. The fraction of sp³-hybridized carbons (Fsp3) is 0.571. The van der Waals surface area contributed by atoms with Crippen LogP contribution in [0.15, 0.2) is 24.3 Å². The van der Waals surface area contributed by atoms with E-state index in [4.69, 9.17) is 4.98 Å². The van der Waals surface area contributed by atoms with Crippen LogP contribution in [-0.2, 0) is 6.42 Å². The molecule has 1 spiro atoms. The second-order valence-corrected chi connectivity index (χ2v) is 7.80. The monoisotopic (exact) mass is 324 g/mol. The van der Waals surface area contributed by atoms with Crippen LogP contribution in [0.3, 0.4) is 0 Å². The molecule has 1 saturated carbocycles. The summed E-state index contributed by atoms with van der Waals surface area (Å²) < 4.78 is 0. The van der Waals surface area contributed by atoms with Gasteiger partial charge >= 0.3 is 0 Å². The highest BCUT2D eigenvalue weighted by Gasteiger charge is 2.44. The molecule has 128 valence electrons. The Kier molecular flexibility index (Phi) is 4.00. The number of rotatable bonds is 2. The molecule has 0 radical (unpaired) electrons. The molecule has 0 unspecified atom stereocenters. The van der Waals surface area contributed by atoms with Crippen molar-refractivity contribution in [2.75, 3.05) is 18.0 Å². The Bertz CT molecular complexity index is 757. The van der Waals surface area contributed by atoms with Crippen LogP contribution in [0, 0.1) is 12.3 Å². The summed E-state index contributed by atoms with van der Waals surface area (Å²) >= 11 is 0. The van der Waals surface area contributed by atoms with E-state index in [-0.39, 0.29) is 11.5 Å². The molecule has 1 saturated heterocycles. The molecular formula is C21H28N2O. The SMILES string of the molecule is CCc1ccc2nc(N3CCC[C@]4(CCC[C@H]4O)C3)cc(C)c2c1. The fourth-order valence-corrected chi connectivity index (χ4v) is 4.76. The van der Waals surface area contributed by atoms with E-state index in [2.05, 4.69) is 43.0 Å². The average Bonchev–Trinajstić information content (AvgIpc) is 2.94. The zero-order valence-corrected chi connectivity index (χ0v) is 14.9. The second kappa shape index (κ2) is 6.03. The largest absolute Gasteiger partial charge is 0.392 e. The van der Waals surface area contributed by atoms with Crippen LogP contribution >= 0.6 is 0 Å². The Labute approximate surface area is 144 Å². The van der Waals surface area contributed by atoms with Gasteiger partial charge in [-0.25, -0.2) is 4.98 Å². The van der Waals surface area contributed by atoms with Crippen molar-refractivity contribution in [2.24, 2.45) is 5.41 Å². The third-order valence-corrected chi connectivity index (χ3v) is 6.27. The van der Waals surface area contributed by atoms with Gasteiger partial charge in [0.1, 0.15) is 5.82 Å². The first-order chi connectivity index (χ1) is 11.6. The summed E-state index contributed by atoms with van der Waals surface area (Å²) in [6.07, 6.45) is 6.55. The third kappa shape index (κ3) is 2.59. The van der Waals surface area contributed by atoms with Gasteiger partial charge in [0.25, 0.3) is 0 Å². The number of piperidine rings is 1. The fourth-order valence-electron chi connectivity index (χ4n) is 4.76. The van der Waals surface area contributed by atoms with Crippen molar-refractivity contribution >= 4 is 16.7 Å². The summed E-state index contributed by atoms with van der Waals surface area (Å²) in [6.45, 7) is 6.40. The second-order valence-electron chi connectivity index (χ2n) is 7.80. The zero-order valence-electron chi connectivity index (χ0n) is 14.9. The number of hydrogen-bond donors (Lipinski definition) is 1. The lowest BCUT2D eigenvalue weighted by Gasteiger charge is -2.43. The van der Waals surface area contributed by atoms with E-state index >= 15 is 0 Å². The summed E-state index contributed by atoms with van der Waals surface area (Å²) in [4.78, 5) is 7.37. The van der Waals surface area contributed by atoms with E-state index in [0.29, 0.717) is 0 Å². The Morgan fingerprint density at radius 3 is 2.83 bits per heavy atom. The van der Waals surface area contributed by atoms with Crippen molar-refractivity contribution in [3.8, 4) is 0 Å². The molecule has 1 aliphatic carbocycles. The van der Waals surface area contributed by atoms with Crippen molar-refractivity contribution in [1.29, 1.82) is 0 Å². The highest BCUT2D eigenvalue weighted by atomic mass is 16.3. The minimum atomic E-state index is -0.131. The van der Waals surface area contributed by atoms with Crippen LogP contribution in [0.5, 0.6) is 0 Å². The minimum Gasteiger partial charge on any atom is -0.392 e. The van der Waals surface area contributed by atoms with Crippen LogP contribution in [0.2, 0.25) is 0 Å². The normalized spacial score (nSPS) is 27.3. The average molecular weight is 324 g/mol. The summed E-state index contributed by atoms with van der Waals surface area (Å²) in [7, 11) is 0. The van der Waals surface area contributed by atoms with Gasteiger partial charge in [0, 0.05) is 23.9 Å². The van der Waals surface area contributed by atoms with Crippen LogP contribution in [0.1, 0.15) is 50.2 Å². The number of fused-ring (bicyclic) bond motifs is 1. The molecule has 3 heteroatoms. The number of aromatic nitrogens is 1. The minimum absolute atomic E-state index is 0.106. The number of aryl methyl sites for hydroxylation is 2. The van der Waals surface area contributed by atoms with Gasteiger partial charge < -0.3 is 10.0 Å². The van der Waals surface area contributed by atoms with Crippen LogP contribution in [0.4, 0.5) is 5.82 Å². The maximum absolute atomic E-state index is 10.5. The molecule has 3 nitrogen and oxygen atoms in total. The van der Waals surface area contributed by atoms with Crippen LogP contribution in [0.25, 0.3) is 10.9 Å². The molecule has 0 bridgehead atoms. The molecule has 1 N–H and O–H groups in total. The van der Waals surface area contributed by atoms with Crippen molar-refractivity contribution in [3.63, 3.8) is 0 Å². The van der Waals surface area contributed by atoms with Gasteiger partial charge in [-0.3, -0.25) is 0 Å². The smallest absolute Gasteiger partial charge is 0.129 e. The van der Waals surface area contributed by atoms with Crippen molar-refractivity contribution in [3.05, 3.63) is 35.4 Å². The molecule has 2 aliphatic rings. The Balaban J connectivity index is 1.68. The van der Waals surface area contributed by atoms with Gasteiger partial charge in [0.15, 0.2) is 0 Å². The number of pyridine rings is 1. The first-order valence-electron chi connectivity index (χ1n) is 9.45. The molecule has 2 atom stereocenters. The first kappa shape index (κ1) is 15.9. The molecule has 1 aliphatic heterocycles. The number of anilines is 1. The Morgan fingerprint density at radius 2 is 2.08 bits per heavy atom. The Morgan fingerprint density at radius 1 is 1.25 bits per heavy atom. The lowest BCUT2D eigenvalue weighted by Crippen LogP contribution is -2.47. The summed E-state index contributed by atoms with van der Waals surface area (Å²) in [5.41, 5.74) is 3.87. The number of aliphatic hydroxyl groups is 1. The molecule has 2 heterocycles. The third-order valence-electron chi connectivity index (χ3n) is 6.27. The predicted molar refractivity (Wildman–Crippen MR) is 99.6 cm³/mol. The van der Waals surface area contributed by atoms with Gasteiger partial charge in [-0.05, 0) is 68.4 Å². The quantitative estimate of drug-likeness (QED) is 0.898. The molecule has 1 aromatic carbocycles. The lowest BCUT2D eigenvalue weighted by atomic mass is 9.76. The lowest BCUT2D eigenvalue weighted by molar-refractivity contribution is 0.0408. The summed E-state index contributed by atoms with van der Waals surface area (Å²) in [5, 5.41) is 11.8. The first-order valence-corrected chi connectivity index (χ1v) is 9.45. The van der Waals surface area contributed by atoms with Gasteiger partial charge in [0.05, 0.1) is 11.6 Å². The summed E-state index contributed by atoms with van der Waals surface area (Å²) in [6, 6.07) is 8.87. The van der Waals surface area contributed by atoms with Crippen molar-refractivity contribution in [2.45, 2.75) is 58.5 Å². The maximum Gasteiger partial charge on any atom is 0.129 e. The van der Waals surface area contributed by atoms with Crippen LogP contribution < -0.4 is 4.90 Å². The maximum atomic E-state index is 10.5. The molecule has 1 aromatic heterocycles. The number of aliphatic hydroxyl groups excluding tert-OH is 1. The number of hydrogen-bond acceptors (Lipinski definition) is 3. The topological polar surface area (TPSA) is 36.4 Å². The summed E-state index contributed by atoms with van der Waals surface area (Å²) in [5.74, 6) is 1.09. The highest BCUT2D eigenvalue weighted by molar-refractivity contribution is 5.84. The molecule has 2 aromatic rings. The molecule has 24 heavy (non-hydrogen) atoms. The van der Waals surface area contributed by atoms with E-state index in [9.17, 15) is 5.11 Å². The van der Waals surface area contributed by atoms with E-state index in [1.54, 1.807) is 0 Å². The zero-order chi connectivity index (χ0) is 16.7. The van der Waals surface area contributed by atoms with Gasteiger partial charge in [0.2, 0.25) is 0 Å². The Hall–Kier alpha value is -1.61. The van der Waals surface area contributed by atoms with E-state index in [1.807, 2.05) is 0 Å². The van der Waals surface area contributed by atoms with E-state index < -0.39 is 0 Å². The number of nitrogens with zero attached hydrogens (tertiary/aromatic N) is 2. The molecule has 2 fully saturated rings. The number of benzene rings is 1. The van der Waals surface area contributed by atoms with Gasteiger partial charge in [-0.1, -0.05) is 19.4 Å². The molecular weight excluding hydrogens is 296 g/mol. The van der Waals surface area contributed by atoms with Gasteiger partial charge in [-0.2, -0.15) is 0 Å². The van der Waals surface area contributed by atoms with Crippen LogP contribution in [-0.4, -0.2) is 29.3 Å². The predicted octanol–water partition coefficient (Wildman–Crippen LogP) is 4.24. The van der Waals surface area contributed by atoms with Crippen molar-refractivity contribution in [1.82, 2.24) is 4.98 Å². The highest BCUT2D eigenvalue weighted by Crippen LogP contribution is 2.45. The van der Waals surface area contributed by atoms with Crippen molar-refractivity contribution < 1.29 is 5.11 Å². The van der Waals surface area contributed by atoms with E-state index in [0.717, 1.165) is 56.5 Å².